The van der Waals surface area contributed by atoms with Gasteiger partial charge < -0.3 is 14.9 Å². The number of nitriles is 1. The highest BCUT2D eigenvalue weighted by molar-refractivity contribution is 7.17. The van der Waals surface area contributed by atoms with Gasteiger partial charge in [-0.3, -0.25) is 4.90 Å². The number of aromatic nitrogens is 4. The minimum Gasteiger partial charge on any atom is -0.490 e. The van der Waals surface area contributed by atoms with Gasteiger partial charge in [-0.15, -0.1) is 10.2 Å². The van der Waals surface area contributed by atoms with Gasteiger partial charge in [-0.2, -0.15) is 10.4 Å². The molecule has 1 aliphatic heterocycles. The molecule has 0 saturated carbocycles. The van der Waals surface area contributed by atoms with Crippen LogP contribution < -0.4 is 4.74 Å². The van der Waals surface area contributed by atoms with E-state index in [1.165, 1.54) is 11.3 Å². The van der Waals surface area contributed by atoms with Crippen LogP contribution in [0.1, 0.15) is 36.4 Å². The van der Waals surface area contributed by atoms with E-state index in [9.17, 15) is 10.4 Å². The lowest BCUT2D eigenvalue weighted by Gasteiger charge is -2.27. The number of aliphatic hydroxyl groups is 2. The summed E-state index contributed by atoms with van der Waals surface area (Å²) in [6.07, 6.45) is 0.0153. The van der Waals surface area contributed by atoms with Gasteiger partial charge in [0.25, 0.3) is 0 Å². The first-order chi connectivity index (χ1) is 15.4. The molecule has 0 amide bonds. The number of hydrogen-bond acceptors (Lipinski definition) is 9. The summed E-state index contributed by atoms with van der Waals surface area (Å²) in [6, 6.07) is 7.64. The number of nitrogens with zero attached hydrogens (tertiary/aromatic N) is 6. The van der Waals surface area contributed by atoms with Crippen molar-refractivity contribution in [1.82, 2.24) is 24.9 Å². The van der Waals surface area contributed by atoms with E-state index >= 15 is 0 Å². The highest BCUT2D eigenvalue weighted by Crippen LogP contribution is 2.31. The molecule has 10 heteroatoms. The summed E-state index contributed by atoms with van der Waals surface area (Å²) in [4.78, 5) is 2.12. The fourth-order valence-corrected chi connectivity index (χ4v) is 4.63. The Balaban J connectivity index is 1.58. The third-order valence-electron chi connectivity index (χ3n) is 5.35. The molecule has 1 atom stereocenters. The van der Waals surface area contributed by atoms with Gasteiger partial charge in [0.1, 0.15) is 16.8 Å². The second-order valence-corrected chi connectivity index (χ2v) is 9.08. The number of benzene rings is 1. The molecule has 168 valence electrons. The molecule has 0 aliphatic carbocycles. The number of fused-ring (bicyclic) bond motifs is 1. The van der Waals surface area contributed by atoms with Crippen LogP contribution in [0.2, 0.25) is 0 Å². The molecule has 3 aromatic rings. The minimum absolute atomic E-state index is 0.0160. The molecule has 0 spiro atoms. The summed E-state index contributed by atoms with van der Waals surface area (Å²) < 4.78 is 7.52. The summed E-state index contributed by atoms with van der Waals surface area (Å²) >= 11 is 1.41. The maximum absolute atomic E-state index is 9.76. The lowest BCUT2D eigenvalue weighted by Crippen LogP contribution is -2.37. The maximum Gasteiger partial charge on any atom is 0.233 e. The van der Waals surface area contributed by atoms with Gasteiger partial charge in [0.05, 0.1) is 30.1 Å². The molecule has 1 aliphatic rings. The van der Waals surface area contributed by atoms with E-state index in [-0.39, 0.29) is 12.7 Å². The lowest BCUT2D eigenvalue weighted by atomic mass is 10.1. The molecule has 0 saturated heterocycles. The Morgan fingerprint density at radius 2 is 2.12 bits per heavy atom. The Morgan fingerprint density at radius 3 is 2.84 bits per heavy atom. The lowest BCUT2D eigenvalue weighted by molar-refractivity contribution is 0.0549. The van der Waals surface area contributed by atoms with Crippen LogP contribution in [0.15, 0.2) is 18.2 Å². The first-order valence-corrected chi connectivity index (χ1v) is 11.3. The molecule has 3 heterocycles. The molecular formula is C22H26N6O3S. The van der Waals surface area contributed by atoms with Crippen LogP contribution in [0.4, 0.5) is 0 Å². The molecule has 9 nitrogen and oxygen atoms in total. The van der Waals surface area contributed by atoms with Gasteiger partial charge in [0.2, 0.25) is 5.13 Å². The van der Waals surface area contributed by atoms with Crippen LogP contribution >= 0.6 is 11.3 Å². The molecule has 0 fully saturated rings. The van der Waals surface area contributed by atoms with Gasteiger partial charge in [0.15, 0.2) is 0 Å². The van der Waals surface area contributed by atoms with Crippen molar-refractivity contribution in [2.75, 3.05) is 19.7 Å². The van der Waals surface area contributed by atoms with E-state index in [4.69, 9.17) is 14.9 Å². The van der Waals surface area contributed by atoms with Crippen LogP contribution in [0.25, 0.3) is 15.7 Å². The van der Waals surface area contributed by atoms with Gasteiger partial charge in [-0.05, 0) is 39.0 Å². The Hall–Kier alpha value is -2.84. The number of ether oxygens (including phenoxy) is 1. The van der Waals surface area contributed by atoms with E-state index in [0.717, 1.165) is 35.5 Å². The summed E-state index contributed by atoms with van der Waals surface area (Å²) in [6.45, 7) is 7.49. The standard InChI is InChI=1S/C22H26N6O3S/c1-13(2)31-20-5-4-15(8-16(20)9-23)21-24-25-22(32-21)28-14(3)18-11-27(10-17(30)12-29)7-6-19(18)26-28/h4-5,8,13,17,29-30H,6-7,10-12H2,1-3H3/t17-/m0/s1. The SMILES string of the molecule is Cc1c2c(nn1-c1nnc(-c3ccc(OC(C)C)c(C#N)c3)s1)CCN(C[C@H](O)CO)C2. The Morgan fingerprint density at radius 1 is 1.31 bits per heavy atom. The number of rotatable bonds is 7. The van der Waals surface area contributed by atoms with Crippen molar-refractivity contribution in [3.05, 3.63) is 40.7 Å². The van der Waals surface area contributed by atoms with Gasteiger partial charge in [-0.1, -0.05) is 11.3 Å². The summed E-state index contributed by atoms with van der Waals surface area (Å²) in [5.41, 5.74) is 4.41. The topological polar surface area (TPSA) is 120 Å². The largest absolute Gasteiger partial charge is 0.490 e. The number of β-amino-alcohol motifs (C(OH)–C–C–N with tert-alkyl or cyclic N) is 1. The van der Waals surface area contributed by atoms with Gasteiger partial charge in [-0.25, -0.2) is 4.68 Å². The Kier molecular flexibility index (Phi) is 6.53. The van der Waals surface area contributed by atoms with E-state index < -0.39 is 6.10 Å². The maximum atomic E-state index is 9.76. The van der Waals surface area contributed by atoms with Crippen molar-refractivity contribution < 1.29 is 14.9 Å². The van der Waals surface area contributed by atoms with Crippen LogP contribution in [0.3, 0.4) is 0 Å². The fraction of sp³-hybridized carbons (Fsp3) is 0.455. The summed E-state index contributed by atoms with van der Waals surface area (Å²) in [7, 11) is 0. The molecule has 0 bridgehead atoms. The van der Waals surface area contributed by atoms with Crippen molar-refractivity contribution in [1.29, 1.82) is 5.26 Å². The van der Waals surface area contributed by atoms with Gasteiger partial charge >= 0.3 is 0 Å². The average Bonchev–Trinajstić information content (AvgIpc) is 3.38. The molecule has 4 rings (SSSR count). The Labute approximate surface area is 190 Å². The molecule has 0 unspecified atom stereocenters. The normalized spacial score (nSPS) is 14.9. The van der Waals surface area contributed by atoms with E-state index in [2.05, 4.69) is 21.2 Å². The minimum atomic E-state index is -0.742. The average molecular weight is 455 g/mol. The fourth-order valence-electron chi connectivity index (χ4n) is 3.79. The predicted octanol–water partition coefficient (Wildman–Crippen LogP) is 2.07. The molecule has 0 radical (unpaired) electrons. The van der Waals surface area contributed by atoms with Crippen LogP contribution in [0, 0.1) is 18.3 Å². The van der Waals surface area contributed by atoms with E-state index in [0.29, 0.717) is 34.5 Å². The van der Waals surface area contributed by atoms with Crippen LogP contribution in [0.5, 0.6) is 5.75 Å². The second kappa shape index (κ2) is 9.34. The zero-order valence-corrected chi connectivity index (χ0v) is 19.1. The van der Waals surface area contributed by atoms with Crippen molar-refractivity contribution in [2.24, 2.45) is 0 Å². The highest BCUT2D eigenvalue weighted by atomic mass is 32.1. The predicted molar refractivity (Wildman–Crippen MR) is 120 cm³/mol. The molecule has 32 heavy (non-hydrogen) atoms. The summed E-state index contributed by atoms with van der Waals surface area (Å²) in [5.74, 6) is 0.558. The number of hydrogen-bond donors (Lipinski definition) is 2. The van der Waals surface area contributed by atoms with Gasteiger partial charge in [0, 0.05) is 42.9 Å². The third-order valence-corrected chi connectivity index (χ3v) is 6.30. The first-order valence-electron chi connectivity index (χ1n) is 10.5. The quantitative estimate of drug-likeness (QED) is 0.557. The van der Waals surface area contributed by atoms with Crippen molar-refractivity contribution >= 4 is 11.3 Å². The monoisotopic (exact) mass is 454 g/mol. The van der Waals surface area contributed by atoms with Crippen LogP contribution in [-0.2, 0) is 13.0 Å². The molecular weight excluding hydrogens is 428 g/mol. The highest BCUT2D eigenvalue weighted by Gasteiger charge is 2.25. The van der Waals surface area contributed by atoms with E-state index in [1.807, 2.05) is 31.5 Å². The third kappa shape index (κ3) is 4.52. The van der Waals surface area contributed by atoms with Crippen LogP contribution in [-0.4, -0.2) is 67.0 Å². The second-order valence-electron chi connectivity index (χ2n) is 8.12. The molecule has 2 N–H and O–H groups in total. The number of aliphatic hydroxyl groups excluding tert-OH is 2. The molecule has 1 aromatic carbocycles. The Bertz CT molecular complexity index is 1150. The molecule has 2 aromatic heterocycles. The summed E-state index contributed by atoms with van der Waals surface area (Å²) in [5, 5.41) is 43.2. The van der Waals surface area contributed by atoms with Crippen molar-refractivity contribution in [3.8, 4) is 27.5 Å². The van der Waals surface area contributed by atoms with E-state index in [1.54, 1.807) is 12.1 Å². The first kappa shape index (κ1) is 22.4. The van der Waals surface area contributed by atoms with Crippen molar-refractivity contribution in [2.45, 2.75) is 45.9 Å². The zero-order valence-electron chi connectivity index (χ0n) is 18.3. The zero-order chi connectivity index (χ0) is 22.8. The smallest absolute Gasteiger partial charge is 0.233 e. The van der Waals surface area contributed by atoms with Crippen molar-refractivity contribution in [3.63, 3.8) is 0 Å².